The molecule has 1 unspecified atom stereocenters. The molecule has 0 spiro atoms. The van der Waals surface area contributed by atoms with E-state index in [0.29, 0.717) is 36.9 Å². The minimum Gasteiger partial charge on any atom is -0.480 e. The molecule has 146 valence electrons. The highest BCUT2D eigenvalue weighted by atomic mass is 32.1. The maximum atomic E-state index is 13.0. The van der Waals surface area contributed by atoms with Crippen LogP contribution in [0.1, 0.15) is 53.4 Å². The van der Waals surface area contributed by atoms with Crippen molar-refractivity contribution < 1.29 is 19.4 Å². The van der Waals surface area contributed by atoms with E-state index in [0.717, 1.165) is 18.0 Å². The molecule has 26 heavy (non-hydrogen) atoms. The van der Waals surface area contributed by atoms with E-state index in [9.17, 15) is 14.7 Å². The number of nitrogens with zero attached hydrogens (tertiary/aromatic N) is 3. The predicted octanol–water partition coefficient (Wildman–Crippen LogP) is 2.62. The fourth-order valence-electron chi connectivity index (χ4n) is 2.91. The molecule has 1 aliphatic rings. The highest BCUT2D eigenvalue weighted by Gasteiger charge is 2.37. The van der Waals surface area contributed by atoms with Crippen LogP contribution in [0.5, 0.6) is 6.01 Å². The summed E-state index contributed by atoms with van der Waals surface area (Å²) in [7, 11) is 0. The first-order chi connectivity index (χ1) is 12.3. The van der Waals surface area contributed by atoms with E-state index >= 15 is 0 Å². The number of anilines is 1. The Bertz CT molecular complexity index is 622. The Morgan fingerprint density at radius 3 is 2.77 bits per heavy atom. The molecule has 0 aromatic carbocycles. The number of rotatable bonds is 9. The zero-order chi connectivity index (χ0) is 19.3. The van der Waals surface area contributed by atoms with Crippen LogP contribution in [-0.4, -0.2) is 56.0 Å². The van der Waals surface area contributed by atoms with Crippen molar-refractivity contribution >= 4 is 28.5 Å². The van der Waals surface area contributed by atoms with Crippen LogP contribution in [0.2, 0.25) is 0 Å². The first kappa shape index (κ1) is 20.4. The van der Waals surface area contributed by atoms with Gasteiger partial charge in [0.15, 0.2) is 0 Å². The van der Waals surface area contributed by atoms with Crippen LogP contribution in [0.25, 0.3) is 0 Å². The number of aliphatic carboxylic acids is 1. The Kier molecular flexibility index (Phi) is 7.19. The second-order valence-electron chi connectivity index (χ2n) is 7.07. The van der Waals surface area contributed by atoms with Gasteiger partial charge >= 0.3 is 12.0 Å². The molecule has 0 aliphatic carbocycles. The Hall–Kier alpha value is -1.90. The van der Waals surface area contributed by atoms with Crippen LogP contribution >= 0.6 is 11.5 Å². The maximum absolute atomic E-state index is 13.0. The van der Waals surface area contributed by atoms with E-state index in [1.165, 1.54) is 4.90 Å². The van der Waals surface area contributed by atoms with Crippen LogP contribution in [0.4, 0.5) is 5.13 Å². The molecular weight excluding hydrogens is 356 g/mol. The molecule has 1 amide bonds. The van der Waals surface area contributed by atoms with E-state index < -0.39 is 18.1 Å². The lowest BCUT2D eigenvalue weighted by Crippen LogP contribution is -2.48. The van der Waals surface area contributed by atoms with Crippen molar-refractivity contribution in [1.82, 2.24) is 14.3 Å². The normalized spacial score (nSPS) is 19.4. The molecule has 2 rings (SSSR count). The highest BCUT2D eigenvalue weighted by molar-refractivity contribution is 7.09. The summed E-state index contributed by atoms with van der Waals surface area (Å²) < 4.78 is 9.75. The summed E-state index contributed by atoms with van der Waals surface area (Å²) in [5.74, 6) is -0.867. The molecule has 3 atom stereocenters. The van der Waals surface area contributed by atoms with Gasteiger partial charge in [-0.2, -0.15) is 4.98 Å². The average molecular weight is 385 g/mol. The highest BCUT2D eigenvalue weighted by Crippen LogP contribution is 2.24. The Morgan fingerprint density at radius 2 is 2.15 bits per heavy atom. The van der Waals surface area contributed by atoms with Crippen LogP contribution in [0.15, 0.2) is 0 Å². The Labute approximate surface area is 158 Å². The number of carboxylic acids is 1. The Balaban J connectivity index is 2.09. The zero-order valence-electron chi connectivity index (χ0n) is 15.8. The van der Waals surface area contributed by atoms with Crippen molar-refractivity contribution in [2.24, 2.45) is 5.92 Å². The number of ether oxygens (including phenoxy) is 1. The summed E-state index contributed by atoms with van der Waals surface area (Å²) in [6.45, 7) is 8.49. The number of carbonyl (C=O) groups excluding carboxylic acids is 1. The van der Waals surface area contributed by atoms with Crippen molar-refractivity contribution in [1.29, 1.82) is 0 Å². The van der Waals surface area contributed by atoms with Gasteiger partial charge in [0.2, 0.25) is 11.0 Å². The topological polar surface area (TPSA) is 105 Å². The number of carbonyl (C=O) groups is 2. The molecule has 2 N–H and O–H groups in total. The molecule has 1 fully saturated rings. The van der Waals surface area contributed by atoms with Crippen molar-refractivity contribution in [2.75, 3.05) is 11.9 Å². The molecule has 2 heterocycles. The van der Waals surface area contributed by atoms with Gasteiger partial charge in [-0.05, 0) is 38.5 Å². The number of hydrogen-bond acceptors (Lipinski definition) is 7. The summed E-state index contributed by atoms with van der Waals surface area (Å²) in [6.07, 6.45) is 2.67. The van der Waals surface area contributed by atoms with Gasteiger partial charge in [-0.15, -0.1) is 4.37 Å². The standard InChI is InChI=1S/C17H28N4O4S/c1-5-11(4)25-16-19-17(26-20-16)18-12(9-10(2)3)14(22)21-8-6-7-13(21)15(23)24/h10-13H,5-9H2,1-4H3,(H,23,24)(H,18,19,20)/t11?,12-,13-/m0/s1. The number of nitrogens with one attached hydrogen (secondary N) is 1. The zero-order valence-corrected chi connectivity index (χ0v) is 16.6. The molecule has 0 radical (unpaired) electrons. The third-order valence-electron chi connectivity index (χ3n) is 4.41. The molecule has 9 heteroatoms. The first-order valence-corrected chi connectivity index (χ1v) is 9.89. The van der Waals surface area contributed by atoms with Crippen molar-refractivity contribution in [2.45, 2.75) is 71.6 Å². The summed E-state index contributed by atoms with van der Waals surface area (Å²) in [6, 6.07) is -0.968. The summed E-state index contributed by atoms with van der Waals surface area (Å²) >= 11 is 1.14. The lowest BCUT2D eigenvalue weighted by molar-refractivity contribution is -0.148. The van der Waals surface area contributed by atoms with Gasteiger partial charge in [0, 0.05) is 18.1 Å². The predicted molar refractivity (Wildman–Crippen MR) is 99.5 cm³/mol. The van der Waals surface area contributed by atoms with E-state index in [4.69, 9.17) is 4.74 Å². The van der Waals surface area contributed by atoms with Crippen molar-refractivity contribution in [3.63, 3.8) is 0 Å². The van der Waals surface area contributed by atoms with Gasteiger partial charge in [0.1, 0.15) is 12.1 Å². The maximum Gasteiger partial charge on any atom is 0.330 e. The van der Waals surface area contributed by atoms with Gasteiger partial charge in [-0.3, -0.25) is 4.79 Å². The first-order valence-electron chi connectivity index (χ1n) is 9.12. The van der Waals surface area contributed by atoms with Crippen LogP contribution in [0, 0.1) is 5.92 Å². The van der Waals surface area contributed by atoms with E-state index in [2.05, 4.69) is 14.7 Å². The summed E-state index contributed by atoms with van der Waals surface area (Å²) in [5.41, 5.74) is 0. The van der Waals surface area contributed by atoms with Gasteiger partial charge in [-0.25, -0.2) is 4.79 Å². The molecule has 1 aromatic rings. The van der Waals surface area contributed by atoms with Crippen LogP contribution < -0.4 is 10.1 Å². The molecule has 1 aliphatic heterocycles. The van der Waals surface area contributed by atoms with E-state index in [-0.39, 0.29) is 17.9 Å². The third kappa shape index (κ3) is 5.30. The van der Waals surface area contributed by atoms with Crippen molar-refractivity contribution in [3.8, 4) is 6.01 Å². The Morgan fingerprint density at radius 1 is 1.42 bits per heavy atom. The SMILES string of the molecule is CCC(C)Oc1nsc(N[C@@H](CC(C)C)C(=O)N2CCC[C@H]2C(=O)O)n1. The summed E-state index contributed by atoms with van der Waals surface area (Å²) in [4.78, 5) is 30.1. The number of amides is 1. The second kappa shape index (κ2) is 9.16. The van der Waals surface area contributed by atoms with Crippen LogP contribution in [-0.2, 0) is 9.59 Å². The molecule has 1 aromatic heterocycles. The number of carboxylic acid groups (broad SMARTS) is 1. The van der Waals surface area contributed by atoms with Gasteiger partial charge < -0.3 is 20.1 Å². The molecular formula is C17H28N4O4S. The molecule has 1 saturated heterocycles. The number of hydrogen-bond donors (Lipinski definition) is 2. The van der Waals surface area contributed by atoms with Crippen molar-refractivity contribution in [3.05, 3.63) is 0 Å². The van der Waals surface area contributed by atoms with Gasteiger partial charge in [-0.1, -0.05) is 20.8 Å². The van der Waals surface area contributed by atoms with Gasteiger partial charge in [0.25, 0.3) is 0 Å². The van der Waals surface area contributed by atoms with Gasteiger partial charge in [0.05, 0.1) is 6.10 Å². The molecule has 8 nitrogen and oxygen atoms in total. The second-order valence-corrected chi connectivity index (χ2v) is 7.83. The lowest BCUT2D eigenvalue weighted by atomic mass is 10.0. The monoisotopic (exact) mass is 384 g/mol. The average Bonchev–Trinajstić information content (AvgIpc) is 3.22. The minimum absolute atomic E-state index is 0.0199. The quantitative estimate of drug-likeness (QED) is 0.674. The van der Waals surface area contributed by atoms with E-state index in [1.807, 2.05) is 27.7 Å². The number of likely N-dealkylation sites (tertiary alicyclic amines) is 1. The molecule has 0 bridgehead atoms. The summed E-state index contributed by atoms with van der Waals surface area (Å²) in [5, 5.41) is 13.0. The van der Waals surface area contributed by atoms with Crippen LogP contribution in [0.3, 0.4) is 0 Å². The smallest absolute Gasteiger partial charge is 0.330 e. The lowest BCUT2D eigenvalue weighted by Gasteiger charge is -2.28. The van der Waals surface area contributed by atoms with E-state index in [1.54, 1.807) is 0 Å². The minimum atomic E-state index is -0.945. The fourth-order valence-corrected chi connectivity index (χ4v) is 3.47. The molecule has 0 saturated carbocycles. The third-order valence-corrected chi connectivity index (χ3v) is 5.04. The largest absolute Gasteiger partial charge is 0.480 e. The fraction of sp³-hybridized carbons (Fsp3) is 0.765. The number of aromatic nitrogens is 2.